The summed E-state index contributed by atoms with van der Waals surface area (Å²) >= 11 is 5.40. The Labute approximate surface area is 127 Å². The standard InChI is InChI=1S/C14H27N5S/c1-5-19(6-2)11-7-9-15-14(20)17(3)12-13-8-10-16-18(13)4/h8,10H,5-7,9,11-12H2,1-4H3,(H,15,20). The minimum Gasteiger partial charge on any atom is -0.363 e. The lowest BCUT2D eigenvalue weighted by Gasteiger charge is -2.22. The third-order valence-corrected chi connectivity index (χ3v) is 3.95. The van der Waals surface area contributed by atoms with E-state index in [1.54, 1.807) is 0 Å². The molecule has 0 saturated carbocycles. The highest BCUT2D eigenvalue weighted by Gasteiger charge is 2.07. The average Bonchev–Trinajstić information content (AvgIpc) is 2.84. The number of nitrogens with one attached hydrogen (secondary N) is 1. The summed E-state index contributed by atoms with van der Waals surface area (Å²) in [4.78, 5) is 4.47. The second-order valence-corrected chi connectivity index (χ2v) is 5.30. The molecular formula is C14H27N5S. The topological polar surface area (TPSA) is 36.3 Å². The molecule has 20 heavy (non-hydrogen) atoms. The first-order valence-electron chi connectivity index (χ1n) is 7.26. The van der Waals surface area contributed by atoms with Crippen LogP contribution in [-0.2, 0) is 13.6 Å². The lowest BCUT2D eigenvalue weighted by atomic mass is 10.3. The zero-order chi connectivity index (χ0) is 15.0. The quantitative estimate of drug-likeness (QED) is 0.581. The number of thiocarbonyl (C=S) groups is 1. The first-order valence-corrected chi connectivity index (χ1v) is 7.67. The van der Waals surface area contributed by atoms with Gasteiger partial charge >= 0.3 is 0 Å². The fourth-order valence-electron chi connectivity index (χ4n) is 2.04. The molecule has 114 valence electrons. The molecule has 1 N–H and O–H groups in total. The van der Waals surface area contributed by atoms with Crippen LogP contribution in [-0.4, -0.2) is 57.9 Å². The van der Waals surface area contributed by atoms with Crippen molar-refractivity contribution in [2.24, 2.45) is 7.05 Å². The Morgan fingerprint density at radius 1 is 1.40 bits per heavy atom. The second-order valence-electron chi connectivity index (χ2n) is 4.91. The maximum Gasteiger partial charge on any atom is 0.169 e. The summed E-state index contributed by atoms with van der Waals surface area (Å²) in [5, 5.41) is 8.28. The summed E-state index contributed by atoms with van der Waals surface area (Å²) < 4.78 is 1.87. The molecule has 0 atom stereocenters. The molecule has 0 unspecified atom stereocenters. The van der Waals surface area contributed by atoms with Crippen molar-refractivity contribution in [3.63, 3.8) is 0 Å². The van der Waals surface area contributed by atoms with Crippen LogP contribution in [0.3, 0.4) is 0 Å². The van der Waals surface area contributed by atoms with Crippen LogP contribution >= 0.6 is 12.2 Å². The van der Waals surface area contributed by atoms with Gasteiger partial charge in [0.25, 0.3) is 0 Å². The fourth-order valence-corrected chi connectivity index (χ4v) is 2.21. The van der Waals surface area contributed by atoms with Gasteiger partial charge in [-0.25, -0.2) is 0 Å². The Morgan fingerprint density at radius 2 is 2.10 bits per heavy atom. The number of aromatic nitrogens is 2. The summed E-state index contributed by atoms with van der Waals surface area (Å²) in [5.41, 5.74) is 1.15. The third kappa shape index (κ3) is 5.46. The largest absolute Gasteiger partial charge is 0.363 e. The Kier molecular flexibility index (Phi) is 7.54. The van der Waals surface area contributed by atoms with E-state index in [-0.39, 0.29) is 0 Å². The molecule has 0 spiro atoms. The second kappa shape index (κ2) is 8.92. The maximum atomic E-state index is 5.40. The van der Waals surface area contributed by atoms with Gasteiger partial charge in [-0.2, -0.15) is 5.10 Å². The van der Waals surface area contributed by atoms with E-state index in [0.29, 0.717) is 0 Å². The zero-order valence-electron chi connectivity index (χ0n) is 13.1. The zero-order valence-corrected chi connectivity index (χ0v) is 13.9. The smallest absolute Gasteiger partial charge is 0.169 e. The van der Waals surface area contributed by atoms with Gasteiger partial charge < -0.3 is 15.1 Å². The number of nitrogens with zero attached hydrogens (tertiary/aromatic N) is 4. The van der Waals surface area contributed by atoms with Gasteiger partial charge in [0.2, 0.25) is 0 Å². The van der Waals surface area contributed by atoms with Crippen molar-refractivity contribution in [3.8, 4) is 0 Å². The molecule has 1 rings (SSSR count). The predicted octanol–water partition coefficient (Wildman–Crippen LogP) is 1.46. The van der Waals surface area contributed by atoms with Gasteiger partial charge in [0.15, 0.2) is 5.11 Å². The predicted molar refractivity (Wildman–Crippen MR) is 87.7 cm³/mol. The van der Waals surface area contributed by atoms with Gasteiger partial charge in [0.1, 0.15) is 0 Å². The van der Waals surface area contributed by atoms with Crippen molar-refractivity contribution in [1.82, 2.24) is 24.9 Å². The Morgan fingerprint density at radius 3 is 2.65 bits per heavy atom. The van der Waals surface area contributed by atoms with Gasteiger partial charge in [0, 0.05) is 26.8 Å². The molecule has 0 aromatic carbocycles. The molecule has 0 amide bonds. The number of hydrogen-bond acceptors (Lipinski definition) is 3. The summed E-state index contributed by atoms with van der Waals surface area (Å²) in [6, 6.07) is 2.01. The Bertz CT molecular complexity index is 400. The van der Waals surface area contributed by atoms with E-state index in [2.05, 4.69) is 29.2 Å². The molecular weight excluding hydrogens is 270 g/mol. The van der Waals surface area contributed by atoms with E-state index in [4.69, 9.17) is 12.2 Å². The van der Waals surface area contributed by atoms with Crippen LogP contribution in [0.1, 0.15) is 26.0 Å². The molecule has 0 radical (unpaired) electrons. The Hall–Kier alpha value is -1.14. The molecule has 0 saturated heterocycles. The van der Waals surface area contributed by atoms with Crippen molar-refractivity contribution in [2.45, 2.75) is 26.8 Å². The number of aryl methyl sites for hydroxylation is 1. The van der Waals surface area contributed by atoms with Crippen molar-refractivity contribution < 1.29 is 0 Å². The highest BCUT2D eigenvalue weighted by atomic mass is 32.1. The summed E-state index contributed by atoms with van der Waals surface area (Å²) in [6.45, 7) is 9.44. The minimum atomic E-state index is 0.776. The van der Waals surface area contributed by atoms with Crippen LogP contribution in [0.15, 0.2) is 12.3 Å². The summed E-state index contributed by atoms with van der Waals surface area (Å²) in [7, 11) is 3.95. The third-order valence-electron chi connectivity index (χ3n) is 3.49. The summed E-state index contributed by atoms with van der Waals surface area (Å²) in [6.07, 6.45) is 2.92. The molecule has 5 nitrogen and oxygen atoms in total. The molecule has 0 bridgehead atoms. The van der Waals surface area contributed by atoms with E-state index < -0.39 is 0 Å². The van der Waals surface area contributed by atoms with E-state index in [1.165, 1.54) is 0 Å². The first-order chi connectivity index (χ1) is 9.58. The van der Waals surface area contributed by atoms with E-state index in [9.17, 15) is 0 Å². The van der Waals surface area contributed by atoms with Crippen molar-refractivity contribution >= 4 is 17.3 Å². The van der Waals surface area contributed by atoms with Gasteiger partial charge in [0.05, 0.1) is 12.2 Å². The average molecular weight is 297 g/mol. The normalized spacial score (nSPS) is 10.8. The van der Waals surface area contributed by atoms with Crippen molar-refractivity contribution in [1.29, 1.82) is 0 Å². The fraction of sp³-hybridized carbons (Fsp3) is 0.714. The van der Waals surface area contributed by atoms with Gasteiger partial charge in [-0.15, -0.1) is 0 Å². The van der Waals surface area contributed by atoms with E-state index in [0.717, 1.165) is 50.0 Å². The number of rotatable bonds is 8. The van der Waals surface area contributed by atoms with Crippen LogP contribution in [0.25, 0.3) is 0 Å². The molecule has 0 aliphatic heterocycles. The van der Waals surface area contributed by atoms with E-state index in [1.807, 2.05) is 35.9 Å². The highest BCUT2D eigenvalue weighted by molar-refractivity contribution is 7.80. The molecule has 1 aromatic heterocycles. The van der Waals surface area contributed by atoms with Crippen LogP contribution in [0.5, 0.6) is 0 Å². The monoisotopic (exact) mass is 297 g/mol. The van der Waals surface area contributed by atoms with Crippen molar-refractivity contribution in [2.75, 3.05) is 33.2 Å². The summed E-state index contributed by atoms with van der Waals surface area (Å²) in [5.74, 6) is 0. The van der Waals surface area contributed by atoms with Crippen LogP contribution in [0.2, 0.25) is 0 Å². The lowest BCUT2D eigenvalue weighted by Crippen LogP contribution is -2.38. The van der Waals surface area contributed by atoms with Gasteiger partial charge in [-0.1, -0.05) is 13.8 Å². The molecule has 6 heteroatoms. The van der Waals surface area contributed by atoms with Crippen LogP contribution in [0, 0.1) is 0 Å². The maximum absolute atomic E-state index is 5.40. The van der Waals surface area contributed by atoms with Crippen LogP contribution < -0.4 is 5.32 Å². The van der Waals surface area contributed by atoms with Gasteiger partial charge in [-0.3, -0.25) is 4.68 Å². The molecule has 0 aliphatic carbocycles. The molecule has 1 aromatic rings. The lowest BCUT2D eigenvalue weighted by molar-refractivity contribution is 0.299. The first kappa shape index (κ1) is 16.9. The number of hydrogen-bond donors (Lipinski definition) is 1. The molecule has 0 aliphatic rings. The van der Waals surface area contributed by atoms with E-state index >= 15 is 0 Å². The SMILES string of the molecule is CCN(CC)CCCNC(=S)N(C)Cc1ccnn1C. The van der Waals surface area contributed by atoms with Gasteiger partial charge in [-0.05, 0) is 44.3 Å². The minimum absolute atomic E-state index is 0.776. The highest BCUT2D eigenvalue weighted by Crippen LogP contribution is 2.01. The molecule has 0 fully saturated rings. The Balaban J connectivity index is 2.23. The van der Waals surface area contributed by atoms with Crippen molar-refractivity contribution in [3.05, 3.63) is 18.0 Å². The molecule has 1 heterocycles. The van der Waals surface area contributed by atoms with Crippen LogP contribution in [0.4, 0.5) is 0 Å².